The molecule has 3 N–H and O–H groups in total. The molecule has 90 valence electrons. The minimum Gasteiger partial charge on any atom is -0.396 e. The maximum Gasteiger partial charge on any atom is 0.0431 e. The Kier molecular flexibility index (Phi) is 6.08. The Morgan fingerprint density at radius 3 is 2.50 bits per heavy atom. The molecule has 0 saturated carbocycles. The van der Waals surface area contributed by atoms with E-state index in [1.165, 1.54) is 11.1 Å². The SMILES string of the molecule is CN(CCCCO)Cc1ccccc1CN. The van der Waals surface area contributed by atoms with Crippen molar-refractivity contribution in [2.45, 2.75) is 25.9 Å². The fourth-order valence-corrected chi connectivity index (χ4v) is 1.77. The largest absolute Gasteiger partial charge is 0.396 e. The molecule has 0 aromatic heterocycles. The number of hydrogen-bond acceptors (Lipinski definition) is 3. The molecule has 0 atom stereocenters. The highest BCUT2D eigenvalue weighted by atomic mass is 16.2. The van der Waals surface area contributed by atoms with Crippen LogP contribution in [-0.4, -0.2) is 30.2 Å². The number of rotatable bonds is 7. The van der Waals surface area contributed by atoms with Gasteiger partial charge in [-0.2, -0.15) is 0 Å². The summed E-state index contributed by atoms with van der Waals surface area (Å²) in [5, 5.41) is 8.72. The minimum atomic E-state index is 0.285. The lowest BCUT2D eigenvalue weighted by atomic mass is 10.1. The van der Waals surface area contributed by atoms with E-state index in [2.05, 4.69) is 30.1 Å². The van der Waals surface area contributed by atoms with Crippen LogP contribution >= 0.6 is 0 Å². The van der Waals surface area contributed by atoms with Crippen molar-refractivity contribution in [1.29, 1.82) is 0 Å². The molecule has 1 aromatic rings. The first-order chi connectivity index (χ1) is 7.77. The summed E-state index contributed by atoms with van der Waals surface area (Å²) in [6.07, 6.45) is 1.92. The predicted octanol–water partition coefficient (Wildman–Crippen LogP) is 1.35. The first-order valence-electron chi connectivity index (χ1n) is 5.84. The Morgan fingerprint density at radius 2 is 1.88 bits per heavy atom. The predicted molar refractivity (Wildman–Crippen MR) is 67.0 cm³/mol. The topological polar surface area (TPSA) is 49.5 Å². The Bertz CT molecular complexity index is 302. The van der Waals surface area contributed by atoms with E-state index in [4.69, 9.17) is 10.8 Å². The fourth-order valence-electron chi connectivity index (χ4n) is 1.77. The zero-order valence-corrected chi connectivity index (χ0v) is 10.0. The summed E-state index contributed by atoms with van der Waals surface area (Å²) < 4.78 is 0. The summed E-state index contributed by atoms with van der Waals surface area (Å²) in [5.41, 5.74) is 8.22. The highest BCUT2D eigenvalue weighted by Gasteiger charge is 2.03. The van der Waals surface area contributed by atoms with Crippen LogP contribution in [0.15, 0.2) is 24.3 Å². The summed E-state index contributed by atoms with van der Waals surface area (Å²) in [6.45, 7) is 2.83. The third-order valence-corrected chi connectivity index (χ3v) is 2.73. The molecule has 0 aliphatic heterocycles. The van der Waals surface area contributed by atoms with Gasteiger partial charge < -0.3 is 15.7 Å². The van der Waals surface area contributed by atoms with Gasteiger partial charge in [-0.15, -0.1) is 0 Å². The van der Waals surface area contributed by atoms with Crippen molar-refractivity contribution in [3.8, 4) is 0 Å². The van der Waals surface area contributed by atoms with E-state index >= 15 is 0 Å². The number of benzene rings is 1. The minimum absolute atomic E-state index is 0.285. The lowest BCUT2D eigenvalue weighted by molar-refractivity contribution is 0.261. The van der Waals surface area contributed by atoms with Gasteiger partial charge in [-0.05, 0) is 37.6 Å². The number of hydrogen-bond donors (Lipinski definition) is 2. The summed E-state index contributed by atoms with van der Waals surface area (Å²) in [7, 11) is 2.10. The second-order valence-electron chi connectivity index (χ2n) is 4.14. The van der Waals surface area contributed by atoms with Gasteiger partial charge in [0.15, 0.2) is 0 Å². The standard InChI is InChI=1S/C13H22N2O/c1-15(8-4-5-9-16)11-13-7-3-2-6-12(13)10-14/h2-3,6-7,16H,4-5,8-11,14H2,1H3. The molecule has 0 amide bonds. The molecule has 0 unspecified atom stereocenters. The monoisotopic (exact) mass is 222 g/mol. The van der Waals surface area contributed by atoms with Gasteiger partial charge in [0.05, 0.1) is 0 Å². The van der Waals surface area contributed by atoms with Crippen LogP contribution in [0.4, 0.5) is 0 Å². The van der Waals surface area contributed by atoms with Gasteiger partial charge in [0.2, 0.25) is 0 Å². The highest BCUT2D eigenvalue weighted by molar-refractivity contribution is 5.26. The van der Waals surface area contributed by atoms with Crippen molar-refractivity contribution in [2.75, 3.05) is 20.2 Å². The quantitative estimate of drug-likeness (QED) is 0.685. The summed E-state index contributed by atoms with van der Waals surface area (Å²) in [6, 6.07) is 8.29. The molecular weight excluding hydrogens is 200 g/mol. The molecule has 16 heavy (non-hydrogen) atoms. The molecule has 0 heterocycles. The average molecular weight is 222 g/mol. The lowest BCUT2D eigenvalue weighted by Gasteiger charge is -2.18. The van der Waals surface area contributed by atoms with Gasteiger partial charge >= 0.3 is 0 Å². The van der Waals surface area contributed by atoms with E-state index in [-0.39, 0.29) is 6.61 Å². The van der Waals surface area contributed by atoms with Crippen LogP contribution in [0.5, 0.6) is 0 Å². The Morgan fingerprint density at radius 1 is 1.19 bits per heavy atom. The molecule has 3 nitrogen and oxygen atoms in total. The first-order valence-corrected chi connectivity index (χ1v) is 5.84. The number of nitrogens with two attached hydrogens (primary N) is 1. The van der Waals surface area contributed by atoms with Crippen LogP contribution in [-0.2, 0) is 13.1 Å². The van der Waals surface area contributed by atoms with Gasteiger partial charge in [-0.1, -0.05) is 24.3 Å². The molecule has 1 aromatic carbocycles. The van der Waals surface area contributed by atoms with Crippen molar-refractivity contribution in [2.24, 2.45) is 5.73 Å². The van der Waals surface area contributed by atoms with E-state index in [0.717, 1.165) is 25.9 Å². The van der Waals surface area contributed by atoms with E-state index in [9.17, 15) is 0 Å². The zero-order valence-electron chi connectivity index (χ0n) is 10.0. The molecule has 1 rings (SSSR count). The Hall–Kier alpha value is -0.900. The maximum absolute atomic E-state index is 8.72. The second kappa shape index (κ2) is 7.39. The third kappa shape index (κ3) is 4.31. The van der Waals surface area contributed by atoms with Crippen molar-refractivity contribution in [1.82, 2.24) is 4.90 Å². The molecule has 3 heteroatoms. The number of unbranched alkanes of at least 4 members (excludes halogenated alkanes) is 1. The smallest absolute Gasteiger partial charge is 0.0431 e. The van der Waals surface area contributed by atoms with Gasteiger partial charge in [0.1, 0.15) is 0 Å². The van der Waals surface area contributed by atoms with E-state index in [1.54, 1.807) is 0 Å². The van der Waals surface area contributed by atoms with E-state index in [0.29, 0.717) is 6.54 Å². The zero-order chi connectivity index (χ0) is 11.8. The van der Waals surface area contributed by atoms with Crippen molar-refractivity contribution < 1.29 is 5.11 Å². The highest BCUT2D eigenvalue weighted by Crippen LogP contribution is 2.10. The summed E-state index contributed by atoms with van der Waals surface area (Å²) in [4.78, 5) is 2.27. The number of nitrogens with zero attached hydrogens (tertiary/aromatic N) is 1. The maximum atomic E-state index is 8.72. The van der Waals surface area contributed by atoms with Gasteiger partial charge in [0, 0.05) is 19.7 Å². The Balaban J connectivity index is 2.45. The average Bonchev–Trinajstić information content (AvgIpc) is 2.30. The first kappa shape index (κ1) is 13.2. The van der Waals surface area contributed by atoms with E-state index in [1.807, 2.05) is 6.07 Å². The summed E-state index contributed by atoms with van der Waals surface area (Å²) in [5.74, 6) is 0. The molecular formula is C13H22N2O. The van der Waals surface area contributed by atoms with Crippen LogP contribution in [0.2, 0.25) is 0 Å². The lowest BCUT2D eigenvalue weighted by Crippen LogP contribution is -2.20. The molecule has 0 aliphatic rings. The Labute approximate surface area is 97.9 Å². The number of aliphatic hydroxyl groups excluding tert-OH is 1. The van der Waals surface area contributed by atoms with Crippen LogP contribution in [0.1, 0.15) is 24.0 Å². The van der Waals surface area contributed by atoms with Gasteiger partial charge in [-0.25, -0.2) is 0 Å². The van der Waals surface area contributed by atoms with Crippen molar-refractivity contribution in [3.63, 3.8) is 0 Å². The van der Waals surface area contributed by atoms with Crippen molar-refractivity contribution >= 4 is 0 Å². The summed E-state index contributed by atoms with van der Waals surface area (Å²) >= 11 is 0. The second-order valence-corrected chi connectivity index (χ2v) is 4.14. The molecule has 0 spiro atoms. The molecule has 0 fully saturated rings. The third-order valence-electron chi connectivity index (χ3n) is 2.73. The van der Waals surface area contributed by atoms with E-state index < -0.39 is 0 Å². The molecule has 0 radical (unpaired) electrons. The molecule has 0 saturated heterocycles. The van der Waals surface area contributed by atoms with Crippen LogP contribution in [0.3, 0.4) is 0 Å². The fraction of sp³-hybridized carbons (Fsp3) is 0.538. The van der Waals surface area contributed by atoms with Crippen LogP contribution < -0.4 is 5.73 Å². The van der Waals surface area contributed by atoms with Gasteiger partial charge in [0.25, 0.3) is 0 Å². The number of aliphatic hydroxyl groups is 1. The van der Waals surface area contributed by atoms with Gasteiger partial charge in [-0.3, -0.25) is 0 Å². The van der Waals surface area contributed by atoms with Crippen LogP contribution in [0, 0.1) is 0 Å². The molecule has 0 aliphatic carbocycles. The normalized spacial score (nSPS) is 11.0. The molecule has 0 bridgehead atoms. The van der Waals surface area contributed by atoms with Crippen molar-refractivity contribution in [3.05, 3.63) is 35.4 Å². The van der Waals surface area contributed by atoms with Crippen LogP contribution in [0.25, 0.3) is 0 Å².